The Balaban J connectivity index is 1.09. The van der Waals surface area contributed by atoms with E-state index in [-0.39, 0.29) is 0 Å². The van der Waals surface area contributed by atoms with Crippen molar-refractivity contribution in [2.75, 3.05) is 4.90 Å². The molecule has 0 bridgehead atoms. The van der Waals surface area contributed by atoms with E-state index < -0.39 is 0 Å². The summed E-state index contributed by atoms with van der Waals surface area (Å²) < 4.78 is 2.40. The van der Waals surface area contributed by atoms with Crippen molar-refractivity contribution in [2.45, 2.75) is 38.0 Å². The summed E-state index contributed by atoms with van der Waals surface area (Å²) in [5, 5.41) is 5.19. The van der Waals surface area contributed by atoms with Gasteiger partial charge in [-0.2, -0.15) is 0 Å². The first-order valence-corrected chi connectivity index (χ1v) is 21.5. The maximum absolute atomic E-state index is 2.48. The van der Waals surface area contributed by atoms with E-state index in [1.807, 2.05) is 0 Å². The lowest BCUT2D eigenvalue weighted by Gasteiger charge is -2.29. The monoisotopic (exact) mass is 770 g/mol. The molecule has 0 amide bonds. The summed E-state index contributed by atoms with van der Waals surface area (Å²) in [5.41, 5.74) is 15.9. The van der Waals surface area contributed by atoms with Crippen LogP contribution in [0.1, 0.15) is 43.6 Å². The number of anilines is 3. The van der Waals surface area contributed by atoms with Crippen molar-refractivity contribution in [2.24, 2.45) is 0 Å². The summed E-state index contributed by atoms with van der Waals surface area (Å²) in [6, 6.07) is 78.2. The molecule has 1 aromatic heterocycles. The summed E-state index contributed by atoms with van der Waals surface area (Å²) in [7, 11) is 0. The van der Waals surface area contributed by atoms with E-state index in [2.05, 4.69) is 222 Å². The van der Waals surface area contributed by atoms with Crippen LogP contribution in [0, 0.1) is 0 Å². The van der Waals surface area contributed by atoms with Crippen molar-refractivity contribution in [1.82, 2.24) is 4.57 Å². The van der Waals surface area contributed by atoms with Crippen molar-refractivity contribution in [1.29, 1.82) is 0 Å². The van der Waals surface area contributed by atoms with Crippen LogP contribution in [-0.2, 0) is 0 Å². The zero-order valence-electron chi connectivity index (χ0n) is 33.7. The van der Waals surface area contributed by atoms with Gasteiger partial charge in [0.25, 0.3) is 0 Å². The van der Waals surface area contributed by atoms with Gasteiger partial charge in [0.05, 0.1) is 16.7 Å². The highest BCUT2D eigenvalue weighted by Crippen LogP contribution is 2.47. The number of benzene rings is 9. The SMILES string of the molecule is c1ccc(-c2ccc(-c3ccc(N(c4ccc5c(c4)c4ccccc4n5-c4ccccc4)c4ccccc4-c4cccc5cccc(C6CCCCC6)c45)cc3)cc2)cc1. The highest BCUT2D eigenvalue weighted by molar-refractivity contribution is 6.11. The van der Waals surface area contributed by atoms with Crippen LogP contribution in [0.5, 0.6) is 0 Å². The standard InChI is InChI=1S/C58H46N2/c1-4-16-41(17-5-1)42-30-32-43(33-31-42)44-34-36-48(37-35-44)59(49-38-39-57-54(40-49)52-25-11-13-29-56(52)60(57)47-22-8-3-9-23-47)55-28-12-10-24-51(55)53-27-15-21-46-20-14-26-50(58(46)53)45-18-6-2-7-19-45/h1,3-5,8-17,20-40,45H,2,6-7,18-19H2. The molecular formula is C58H46N2. The lowest BCUT2D eigenvalue weighted by atomic mass is 9.80. The normalized spacial score (nSPS) is 13.3. The first-order chi connectivity index (χ1) is 29.8. The van der Waals surface area contributed by atoms with Crippen molar-refractivity contribution < 1.29 is 0 Å². The largest absolute Gasteiger partial charge is 0.310 e. The van der Waals surface area contributed by atoms with Crippen LogP contribution < -0.4 is 4.90 Å². The first kappa shape index (κ1) is 36.0. The molecule has 2 nitrogen and oxygen atoms in total. The van der Waals surface area contributed by atoms with Crippen LogP contribution in [0.4, 0.5) is 17.1 Å². The Morgan fingerprint density at radius 3 is 1.72 bits per heavy atom. The Morgan fingerprint density at radius 1 is 0.400 bits per heavy atom. The fourth-order valence-corrected chi connectivity index (χ4v) is 9.92. The van der Waals surface area contributed by atoms with Gasteiger partial charge < -0.3 is 9.47 Å². The molecule has 0 atom stereocenters. The Kier molecular flexibility index (Phi) is 9.32. The molecule has 1 aliphatic carbocycles. The van der Waals surface area contributed by atoms with E-state index in [4.69, 9.17) is 0 Å². The number of hydrogen-bond donors (Lipinski definition) is 0. The molecule has 0 radical (unpaired) electrons. The summed E-state index contributed by atoms with van der Waals surface area (Å²) in [5.74, 6) is 0.588. The lowest BCUT2D eigenvalue weighted by molar-refractivity contribution is 0.445. The molecule has 1 saturated carbocycles. The van der Waals surface area contributed by atoms with E-state index in [9.17, 15) is 0 Å². The fraction of sp³-hybridized carbons (Fsp3) is 0.103. The second-order valence-electron chi connectivity index (χ2n) is 16.3. The fourth-order valence-electron chi connectivity index (χ4n) is 9.92. The van der Waals surface area contributed by atoms with Gasteiger partial charge >= 0.3 is 0 Å². The van der Waals surface area contributed by atoms with Crippen molar-refractivity contribution in [3.8, 4) is 39.1 Å². The third-order valence-electron chi connectivity index (χ3n) is 12.8. The van der Waals surface area contributed by atoms with Gasteiger partial charge in [-0.25, -0.2) is 0 Å². The summed E-state index contributed by atoms with van der Waals surface area (Å²) >= 11 is 0. The quantitative estimate of drug-likeness (QED) is 0.149. The summed E-state index contributed by atoms with van der Waals surface area (Å²) in [4.78, 5) is 2.48. The third kappa shape index (κ3) is 6.46. The van der Waals surface area contributed by atoms with Crippen LogP contribution in [0.15, 0.2) is 212 Å². The second kappa shape index (κ2) is 15.5. The molecule has 10 aromatic rings. The molecule has 60 heavy (non-hydrogen) atoms. The molecule has 11 rings (SSSR count). The number of fused-ring (bicyclic) bond motifs is 4. The highest BCUT2D eigenvalue weighted by atomic mass is 15.1. The van der Waals surface area contributed by atoms with E-state index in [1.165, 1.54) is 104 Å². The van der Waals surface area contributed by atoms with Gasteiger partial charge in [0.1, 0.15) is 0 Å². The predicted molar refractivity (Wildman–Crippen MR) is 255 cm³/mol. The predicted octanol–water partition coefficient (Wildman–Crippen LogP) is 16.5. The Hall–Kier alpha value is -7.16. The number of nitrogens with zero attached hydrogens (tertiary/aromatic N) is 2. The topological polar surface area (TPSA) is 8.17 Å². The molecular weight excluding hydrogens is 725 g/mol. The van der Waals surface area contributed by atoms with Gasteiger partial charge in [-0.05, 0) is 118 Å². The van der Waals surface area contributed by atoms with E-state index >= 15 is 0 Å². The zero-order chi connectivity index (χ0) is 39.8. The Labute approximate surface area is 352 Å². The third-order valence-corrected chi connectivity index (χ3v) is 12.8. The average molecular weight is 771 g/mol. The van der Waals surface area contributed by atoms with E-state index in [1.54, 1.807) is 0 Å². The van der Waals surface area contributed by atoms with Crippen molar-refractivity contribution >= 4 is 49.6 Å². The lowest BCUT2D eigenvalue weighted by Crippen LogP contribution is -2.11. The minimum atomic E-state index is 0.588. The molecule has 288 valence electrons. The molecule has 0 unspecified atom stereocenters. The van der Waals surface area contributed by atoms with Gasteiger partial charge in [0.2, 0.25) is 0 Å². The number of hydrogen-bond acceptors (Lipinski definition) is 1. The number of aromatic nitrogens is 1. The first-order valence-electron chi connectivity index (χ1n) is 21.5. The average Bonchev–Trinajstić information content (AvgIpc) is 3.66. The summed E-state index contributed by atoms with van der Waals surface area (Å²) in [6.45, 7) is 0. The van der Waals surface area contributed by atoms with Gasteiger partial charge in [0, 0.05) is 33.4 Å². The van der Waals surface area contributed by atoms with Crippen molar-refractivity contribution in [3.63, 3.8) is 0 Å². The molecule has 2 heteroatoms. The minimum Gasteiger partial charge on any atom is -0.310 e. The molecule has 1 aliphatic rings. The van der Waals surface area contributed by atoms with E-state index in [0.29, 0.717) is 5.92 Å². The molecule has 0 spiro atoms. The van der Waals surface area contributed by atoms with Gasteiger partial charge in [-0.1, -0.05) is 177 Å². The Morgan fingerprint density at radius 2 is 0.967 bits per heavy atom. The van der Waals surface area contributed by atoms with Crippen LogP contribution in [0.3, 0.4) is 0 Å². The van der Waals surface area contributed by atoms with Crippen LogP contribution in [-0.4, -0.2) is 4.57 Å². The molecule has 9 aromatic carbocycles. The minimum absolute atomic E-state index is 0.588. The van der Waals surface area contributed by atoms with E-state index in [0.717, 1.165) is 22.7 Å². The molecule has 1 fully saturated rings. The van der Waals surface area contributed by atoms with Gasteiger partial charge in [-0.15, -0.1) is 0 Å². The molecule has 0 N–H and O–H groups in total. The smallest absolute Gasteiger partial charge is 0.0542 e. The van der Waals surface area contributed by atoms with Crippen LogP contribution in [0.2, 0.25) is 0 Å². The number of rotatable bonds is 8. The summed E-state index contributed by atoms with van der Waals surface area (Å²) in [6.07, 6.45) is 6.49. The maximum Gasteiger partial charge on any atom is 0.0542 e. The molecule has 0 saturated heterocycles. The Bertz CT molecular complexity index is 3090. The highest BCUT2D eigenvalue weighted by Gasteiger charge is 2.23. The maximum atomic E-state index is 2.48. The van der Waals surface area contributed by atoms with Crippen molar-refractivity contribution in [3.05, 3.63) is 218 Å². The van der Waals surface area contributed by atoms with Crippen LogP contribution >= 0.6 is 0 Å². The van der Waals surface area contributed by atoms with Gasteiger partial charge in [0.15, 0.2) is 0 Å². The number of para-hydroxylation sites is 3. The molecule has 1 heterocycles. The zero-order valence-corrected chi connectivity index (χ0v) is 33.7. The van der Waals surface area contributed by atoms with Gasteiger partial charge in [-0.3, -0.25) is 0 Å². The van der Waals surface area contributed by atoms with Crippen LogP contribution in [0.25, 0.3) is 71.6 Å². The second-order valence-corrected chi connectivity index (χ2v) is 16.3. The molecule has 0 aliphatic heterocycles.